The number of para-hydroxylation sites is 1. The van der Waals surface area contributed by atoms with Crippen LogP contribution in [0, 0.1) is 5.92 Å². The minimum absolute atomic E-state index is 0.124. The molecular formula is C20H22N2O3. The van der Waals surface area contributed by atoms with Gasteiger partial charge in [-0.3, -0.25) is 0 Å². The molecule has 25 heavy (non-hydrogen) atoms. The smallest absolute Gasteiger partial charge is 0.321 e. The van der Waals surface area contributed by atoms with Gasteiger partial charge in [-0.25, -0.2) is 4.79 Å². The molecule has 1 saturated heterocycles. The molecule has 2 unspecified atom stereocenters. The predicted molar refractivity (Wildman–Crippen MR) is 98.7 cm³/mol. The molecule has 2 atom stereocenters. The maximum absolute atomic E-state index is 12.5. The number of carbonyl (C=O) groups is 1. The van der Waals surface area contributed by atoms with Gasteiger partial charge in [0.2, 0.25) is 0 Å². The molecule has 1 fully saturated rings. The van der Waals surface area contributed by atoms with Gasteiger partial charge in [-0.15, -0.1) is 0 Å². The van der Waals surface area contributed by atoms with Crippen molar-refractivity contribution in [2.75, 3.05) is 18.4 Å². The first-order valence-electron chi connectivity index (χ1n) is 8.77. The van der Waals surface area contributed by atoms with Crippen molar-refractivity contribution in [3.05, 3.63) is 42.5 Å². The van der Waals surface area contributed by atoms with E-state index in [1.807, 2.05) is 42.5 Å². The monoisotopic (exact) mass is 338 g/mol. The van der Waals surface area contributed by atoms with E-state index in [-0.39, 0.29) is 18.1 Å². The van der Waals surface area contributed by atoms with Crippen LogP contribution in [0.5, 0.6) is 0 Å². The highest BCUT2D eigenvalue weighted by Gasteiger charge is 2.26. The summed E-state index contributed by atoms with van der Waals surface area (Å²) in [5.74, 6) is 0.150. The van der Waals surface area contributed by atoms with Gasteiger partial charge in [-0.2, -0.15) is 0 Å². The van der Waals surface area contributed by atoms with Crippen LogP contribution in [-0.4, -0.2) is 35.2 Å². The van der Waals surface area contributed by atoms with E-state index in [2.05, 4.69) is 5.32 Å². The van der Waals surface area contributed by atoms with Gasteiger partial charge in [0.05, 0.1) is 6.10 Å². The zero-order valence-corrected chi connectivity index (χ0v) is 14.2. The highest BCUT2D eigenvalue weighted by Crippen LogP contribution is 2.30. The van der Waals surface area contributed by atoms with Gasteiger partial charge in [0.25, 0.3) is 0 Å². The number of carbonyl (C=O) groups excluding carboxylic acids is 1. The zero-order chi connectivity index (χ0) is 17.4. The molecule has 5 nitrogen and oxygen atoms in total. The van der Waals surface area contributed by atoms with Gasteiger partial charge in [-0.1, -0.05) is 18.2 Å². The number of rotatable bonds is 2. The predicted octanol–water partition coefficient (Wildman–Crippen LogP) is 4.21. The van der Waals surface area contributed by atoms with Gasteiger partial charge in [-0.05, 0) is 38.0 Å². The van der Waals surface area contributed by atoms with Crippen molar-refractivity contribution in [2.24, 2.45) is 5.92 Å². The molecule has 1 aromatic heterocycles. The highest BCUT2D eigenvalue weighted by atomic mass is 16.3. The summed E-state index contributed by atoms with van der Waals surface area (Å²) in [7, 11) is 0. The molecule has 2 amide bonds. The Morgan fingerprint density at radius 1 is 1.24 bits per heavy atom. The lowest BCUT2D eigenvalue weighted by Gasteiger charge is -2.34. The molecule has 5 heteroatoms. The number of benzene rings is 2. The van der Waals surface area contributed by atoms with Crippen LogP contribution >= 0.6 is 0 Å². The SMILES string of the molecule is CC(O)C1CCCN(C(=O)Nc2ccc3c(c2)oc2ccccc23)C1. The number of furan rings is 1. The van der Waals surface area contributed by atoms with E-state index in [0.717, 1.165) is 47.0 Å². The molecule has 130 valence electrons. The van der Waals surface area contributed by atoms with Gasteiger partial charge in [0, 0.05) is 41.5 Å². The largest absolute Gasteiger partial charge is 0.456 e. The van der Waals surface area contributed by atoms with E-state index in [4.69, 9.17) is 4.42 Å². The van der Waals surface area contributed by atoms with Crippen molar-refractivity contribution in [1.29, 1.82) is 0 Å². The molecule has 4 rings (SSSR count). The van der Waals surface area contributed by atoms with Crippen LogP contribution in [0.2, 0.25) is 0 Å². The number of likely N-dealkylation sites (tertiary alicyclic amines) is 1. The van der Waals surface area contributed by atoms with Gasteiger partial charge in [0.15, 0.2) is 0 Å². The molecule has 1 aliphatic heterocycles. The number of aliphatic hydroxyl groups excluding tert-OH is 1. The Labute approximate surface area is 146 Å². The summed E-state index contributed by atoms with van der Waals surface area (Å²) in [5, 5.41) is 14.9. The number of aliphatic hydroxyl groups is 1. The van der Waals surface area contributed by atoms with E-state index in [9.17, 15) is 9.90 Å². The Kier molecular flexibility index (Phi) is 4.09. The third kappa shape index (κ3) is 3.07. The van der Waals surface area contributed by atoms with Gasteiger partial charge in [0.1, 0.15) is 11.2 Å². The Bertz CT molecular complexity index is 916. The van der Waals surface area contributed by atoms with Crippen molar-refractivity contribution < 1.29 is 14.3 Å². The van der Waals surface area contributed by atoms with E-state index in [1.54, 1.807) is 11.8 Å². The zero-order valence-electron chi connectivity index (χ0n) is 14.2. The normalized spacial score (nSPS) is 19.3. The fourth-order valence-electron chi connectivity index (χ4n) is 3.59. The van der Waals surface area contributed by atoms with E-state index < -0.39 is 0 Å². The second-order valence-corrected chi connectivity index (χ2v) is 6.83. The Morgan fingerprint density at radius 3 is 2.88 bits per heavy atom. The number of nitrogens with one attached hydrogen (secondary N) is 1. The summed E-state index contributed by atoms with van der Waals surface area (Å²) in [4.78, 5) is 14.3. The standard InChI is InChI=1S/C20H22N2O3/c1-13(23)14-5-4-10-22(12-14)20(24)21-15-8-9-17-16-6-2-3-7-18(16)25-19(17)11-15/h2-3,6-9,11,13-14,23H,4-5,10,12H2,1H3,(H,21,24). The molecule has 3 aromatic rings. The second-order valence-electron chi connectivity index (χ2n) is 6.83. The first-order chi connectivity index (χ1) is 12.1. The Hall–Kier alpha value is -2.53. The molecule has 0 aliphatic carbocycles. The van der Waals surface area contributed by atoms with E-state index >= 15 is 0 Å². The third-order valence-corrected chi connectivity index (χ3v) is 5.06. The first-order valence-corrected chi connectivity index (χ1v) is 8.77. The van der Waals surface area contributed by atoms with Crippen LogP contribution in [0.15, 0.2) is 46.9 Å². The molecule has 2 heterocycles. The first kappa shape index (κ1) is 16.0. The molecule has 0 spiro atoms. The summed E-state index contributed by atoms with van der Waals surface area (Å²) < 4.78 is 5.87. The number of piperidine rings is 1. The lowest BCUT2D eigenvalue weighted by molar-refractivity contribution is 0.0766. The number of hydrogen-bond donors (Lipinski definition) is 2. The average Bonchev–Trinajstić information content (AvgIpc) is 2.99. The Morgan fingerprint density at radius 2 is 2.04 bits per heavy atom. The fourth-order valence-corrected chi connectivity index (χ4v) is 3.59. The summed E-state index contributed by atoms with van der Waals surface area (Å²) >= 11 is 0. The molecule has 0 saturated carbocycles. The quantitative estimate of drug-likeness (QED) is 0.735. The number of nitrogens with zero attached hydrogens (tertiary/aromatic N) is 1. The molecule has 2 N–H and O–H groups in total. The maximum atomic E-state index is 12.5. The van der Waals surface area contributed by atoms with Crippen molar-refractivity contribution in [1.82, 2.24) is 4.90 Å². The van der Waals surface area contributed by atoms with Crippen molar-refractivity contribution in [3.8, 4) is 0 Å². The molecule has 0 bridgehead atoms. The lowest BCUT2D eigenvalue weighted by Crippen LogP contribution is -2.44. The Balaban J connectivity index is 1.54. The molecular weight excluding hydrogens is 316 g/mol. The van der Waals surface area contributed by atoms with Crippen LogP contribution < -0.4 is 5.32 Å². The number of urea groups is 1. The topological polar surface area (TPSA) is 65.7 Å². The van der Waals surface area contributed by atoms with Crippen molar-refractivity contribution in [2.45, 2.75) is 25.9 Å². The summed E-state index contributed by atoms with van der Waals surface area (Å²) in [6, 6.07) is 13.5. The minimum Gasteiger partial charge on any atom is -0.456 e. The summed E-state index contributed by atoms with van der Waals surface area (Å²) in [5.41, 5.74) is 2.33. The van der Waals surface area contributed by atoms with Crippen LogP contribution in [0.3, 0.4) is 0 Å². The van der Waals surface area contributed by atoms with Crippen LogP contribution in [0.25, 0.3) is 21.9 Å². The third-order valence-electron chi connectivity index (χ3n) is 5.06. The minimum atomic E-state index is -0.387. The van der Waals surface area contributed by atoms with Crippen LogP contribution in [0.1, 0.15) is 19.8 Å². The average molecular weight is 338 g/mol. The molecule has 1 aliphatic rings. The number of amides is 2. The fraction of sp³-hybridized carbons (Fsp3) is 0.350. The molecule has 0 radical (unpaired) electrons. The van der Waals surface area contributed by atoms with Crippen LogP contribution in [0.4, 0.5) is 10.5 Å². The van der Waals surface area contributed by atoms with Crippen molar-refractivity contribution >= 4 is 33.7 Å². The van der Waals surface area contributed by atoms with Crippen LogP contribution in [-0.2, 0) is 0 Å². The summed E-state index contributed by atoms with van der Waals surface area (Å²) in [6.45, 7) is 3.11. The maximum Gasteiger partial charge on any atom is 0.321 e. The van der Waals surface area contributed by atoms with E-state index in [0.29, 0.717) is 6.54 Å². The highest BCUT2D eigenvalue weighted by molar-refractivity contribution is 6.06. The van der Waals surface area contributed by atoms with Gasteiger partial charge >= 0.3 is 6.03 Å². The van der Waals surface area contributed by atoms with E-state index in [1.165, 1.54) is 0 Å². The van der Waals surface area contributed by atoms with Gasteiger partial charge < -0.3 is 19.7 Å². The second kappa shape index (κ2) is 6.41. The number of anilines is 1. The number of hydrogen-bond acceptors (Lipinski definition) is 3. The van der Waals surface area contributed by atoms with Crippen molar-refractivity contribution in [3.63, 3.8) is 0 Å². The number of fused-ring (bicyclic) bond motifs is 3. The lowest BCUT2D eigenvalue weighted by atomic mass is 9.94. The summed E-state index contributed by atoms with van der Waals surface area (Å²) in [6.07, 6.45) is 1.50. The molecule has 2 aromatic carbocycles.